The summed E-state index contributed by atoms with van der Waals surface area (Å²) in [6.07, 6.45) is -4.86. The monoisotopic (exact) mass is 355 g/mol. The Morgan fingerprint density at radius 3 is 2.60 bits per heavy atom. The number of alkyl carbamates (subject to hydrolysis) is 1. The molecule has 0 spiro atoms. The summed E-state index contributed by atoms with van der Waals surface area (Å²) in [5.74, 6) is 0. The van der Waals surface area contributed by atoms with Gasteiger partial charge in [-0.1, -0.05) is 0 Å². The van der Waals surface area contributed by atoms with Gasteiger partial charge in [0.25, 0.3) is 0 Å². The molecule has 0 unspecified atom stereocenters. The maximum absolute atomic E-state index is 12.8. The van der Waals surface area contributed by atoms with Crippen molar-refractivity contribution in [1.82, 2.24) is 5.32 Å². The summed E-state index contributed by atoms with van der Waals surface area (Å²) in [5, 5.41) is 11.9. The number of rotatable bonds is 2. The zero-order valence-electron chi connectivity index (χ0n) is 14.3. The van der Waals surface area contributed by atoms with Gasteiger partial charge in [0.1, 0.15) is 12.2 Å². The fourth-order valence-corrected chi connectivity index (χ4v) is 2.61. The van der Waals surface area contributed by atoms with Crippen LogP contribution in [-0.2, 0) is 10.9 Å². The lowest BCUT2D eigenvalue weighted by molar-refractivity contribution is -0.137. The molecule has 0 radical (unpaired) electrons. The Balaban J connectivity index is 2.07. The minimum atomic E-state index is -4.49. The molecule has 136 valence electrons. The highest BCUT2D eigenvalue weighted by atomic mass is 19.4. The summed E-state index contributed by atoms with van der Waals surface area (Å²) in [6, 6.07) is 4.90. The molecule has 1 atom stereocenters. The Labute approximate surface area is 144 Å². The van der Waals surface area contributed by atoms with Crippen molar-refractivity contribution in [3.63, 3.8) is 0 Å². The minimum absolute atomic E-state index is 0.0466. The second-order valence-electron chi connectivity index (χ2n) is 6.98. The van der Waals surface area contributed by atoms with Crippen molar-refractivity contribution in [2.45, 2.75) is 45.0 Å². The van der Waals surface area contributed by atoms with Crippen LogP contribution in [0.15, 0.2) is 18.2 Å². The van der Waals surface area contributed by atoms with Crippen LogP contribution in [0.1, 0.15) is 38.3 Å². The fraction of sp³-hybridized carbons (Fsp3) is 0.529. The maximum Gasteiger partial charge on any atom is 0.416 e. The van der Waals surface area contributed by atoms with E-state index in [4.69, 9.17) is 10.00 Å². The first kappa shape index (κ1) is 18.9. The number of halogens is 3. The Bertz CT molecular complexity index is 690. The van der Waals surface area contributed by atoms with Crippen LogP contribution >= 0.6 is 0 Å². The number of alkyl halides is 3. The Morgan fingerprint density at radius 2 is 2.04 bits per heavy atom. The number of hydrogen-bond acceptors (Lipinski definition) is 4. The van der Waals surface area contributed by atoms with Gasteiger partial charge < -0.3 is 15.0 Å². The van der Waals surface area contributed by atoms with E-state index in [1.54, 1.807) is 4.90 Å². The largest absolute Gasteiger partial charge is 0.444 e. The van der Waals surface area contributed by atoms with Crippen molar-refractivity contribution < 1.29 is 22.7 Å². The SMILES string of the molecule is CC(C)(C)NC(=O)O[C@H]1CCN(c2ccc(C(F)(F)F)cc2C#N)C1. The molecule has 2 rings (SSSR count). The Hall–Kier alpha value is -2.43. The van der Waals surface area contributed by atoms with Crippen molar-refractivity contribution in [3.05, 3.63) is 29.3 Å². The highest BCUT2D eigenvalue weighted by molar-refractivity contribution is 5.68. The second-order valence-corrected chi connectivity index (χ2v) is 6.98. The lowest BCUT2D eigenvalue weighted by Gasteiger charge is -2.23. The molecule has 8 heteroatoms. The van der Waals surface area contributed by atoms with Gasteiger partial charge in [-0.2, -0.15) is 18.4 Å². The Morgan fingerprint density at radius 1 is 1.36 bits per heavy atom. The maximum atomic E-state index is 12.8. The van der Waals surface area contributed by atoms with Crippen molar-refractivity contribution in [2.75, 3.05) is 18.0 Å². The van der Waals surface area contributed by atoms with Gasteiger partial charge in [0.2, 0.25) is 0 Å². The molecule has 0 aromatic heterocycles. The van der Waals surface area contributed by atoms with Crippen LogP contribution in [0.25, 0.3) is 0 Å². The van der Waals surface area contributed by atoms with Gasteiger partial charge >= 0.3 is 12.3 Å². The van der Waals surface area contributed by atoms with Gasteiger partial charge in [-0.25, -0.2) is 4.79 Å². The summed E-state index contributed by atoms with van der Waals surface area (Å²) < 4.78 is 43.6. The lowest BCUT2D eigenvalue weighted by Crippen LogP contribution is -2.42. The number of amides is 1. The summed E-state index contributed by atoms with van der Waals surface area (Å²) in [6.45, 7) is 6.31. The van der Waals surface area contributed by atoms with Gasteiger partial charge in [0, 0.05) is 18.5 Å². The molecular formula is C17H20F3N3O2. The first-order valence-corrected chi connectivity index (χ1v) is 7.85. The topological polar surface area (TPSA) is 65.4 Å². The predicted octanol–water partition coefficient (Wildman–Crippen LogP) is 3.68. The van der Waals surface area contributed by atoms with E-state index in [1.807, 2.05) is 26.8 Å². The molecule has 5 nitrogen and oxygen atoms in total. The molecular weight excluding hydrogens is 335 g/mol. The summed E-state index contributed by atoms with van der Waals surface area (Å²) in [7, 11) is 0. The van der Waals surface area contributed by atoms with E-state index in [9.17, 15) is 18.0 Å². The minimum Gasteiger partial charge on any atom is -0.444 e. The molecule has 1 heterocycles. The van der Waals surface area contributed by atoms with Crippen LogP contribution in [0.5, 0.6) is 0 Å². The number of nitriles is 1. The lowest BCUT2D eigenvalue weighted by atomic mass is 10.1. The fourth-order valence-electron chi connectivity index (χ4n) is 2.61. The number of nitrogens with zero attached hydrogens (tertiary/aromatic N) is 2. The van der Waals surface area contributed by atoms with E-state index in [1.165, 1.54) is 6.07 Å². The standard InChI is InChI=1S/C17H20F3N3O2/c1-16(2,3)22-15(24)25-13-6-7-23(10-13)14-5-4-12(17(18,19)20)8-11(14)9-21/h4-5,8,13H,6-7,10H2,1-3H3,(H,22,24)/t13-/m0/s1. The van der Waals surface area contributed by atoms with E-state index in [0.717, 1.165) is 12.1 Å². The first-order valence-electron chi connectivity index (χ1n) is 7.85. The number of carbonyl (C=O) groups is 1. The highest BCUT2D eigenvalue weighted by Gasteiger charge is 2.33. The highest BCUT2D eigenvalue weighted by Crippen LogP contribution is 2.33. The third kappa shape index (κ3) is 5.02. The van der Waals surface area contributed by atoms with Crippen molar-refractivity contribution >= 4 is 11.8 Å². The quantitative estimate of drug-likeness (QED) is 0.879. The molecule has 1 saturated heterocycles. The molecule has 0 aliphatic carbocycles. The molecule has 1 aromatic rings. The normalized spacial score (nSPS) is 18.0. The summed E-state index contributed by atoms with van der Waals surface area (Å²) >= 11 is 0. The number of ether oxygens (including phenoxy) is 1. The van der Waals surface area contributed by atoms with Crippen LogP contribution in [-0.4, -0.2) is 30.8 Å². The van der Waals surface area contributed by atoms with Crippen LogP contribution < -0.4 is 10.2 Å². The van der Waals surface area contributed by atoms with Crippen LogP contribution in [0.4, 0.5) is 23.7 Å². The molecule has 1 amide bonds. The van der Waals surface area contributed by atoms with E-state index in [-0.39, 0.29) is 11.7 Å². The molecule has 0 saturated carbocycles. The van der Waals surface area contributed by atoms with E-state index >= 15 is 0 Å². The summed E-state index contributed by atoms with van der Waals surface area (Å²) in [4.78, 5) is 13.6. The zero-order valence-corrected chi connectivity index (χ0v) is 14.3. The number of benzene rings is 1. The van der Waals surface area contributed by atoms with Gasteiger partial charge in [-0.05, 0) is 39.0 Å². The molecule has 1 aromatic carbocycles. The third-order valence-electron chi connectivity index (χ3n) is 3.68. The first-order chi connectivity index (χ1) is 11.5. The van der Waals surface area contributed by atoms with E-state index in [2.05, 4.69) is 5.32 Å². The molecule has 1 aliphatic heterocycles. The van der Waals surface area contributed by atoms with Crippen LogP contribution in [0.3, 0.4) is 0 Å². The molecule has 25 heavy (non-hydrogen) atoms. The zero-order chi connectivity index (χ0) is 18.8. The van der Waals surface area contributed by atoms with E-state index in [0.29, 0.717) is 25.2 Å². The smallest absolute Gasteiger partial charge is 0.416 e. The van der Waals surface area contributed by atoms with Crippen LogP contribution in [0.2, 0.25) is 0 Å². The predicted molar refractivity (Wildman–Crippen MR) is 86.1 cm³/mol. The Kier molecular flexibility index (Phi) is 5.16. The molecule has 1 N–H and O–H groups in total. The number of hydrogen-bond donors (Lipinski definition) is 1. The van der Waals surface area contributed by atoms with Gasteiger partial charge in [-0.3, -0.25) is 0 Å². The average Bonchev–Trinajstić information content (AvgIpc) is 2.91. The van der Waals surface area contributed by atoms with Crippen molar-refractivity contribution in [3.8, 4) is 6.07 Å². The van der Waals surface area contributed by atoms with Crippen LogP contribution in [0, 0.1) is 11.3 Å². The van der Waals surface area contributed by atoms with Crippen molar-refractivity contribution in [2.24, 2.45) is 0 Å². The van der Waals surface area contributed by atoms with Gasteiger partial charge in [0.15, 0.2) is 0 Å². The second kappa shape index (κ2) is 6.82. The van der Waals surface area contributed by atoms with E-state index < -0.39 is 23.4 Å². The number of anilines is 1. The molecule has 1 aliphatic rings. The number of nitrogens with one attached hydrogen (secondary N) is 1. The van der Waals surface area contributed by atoms with Gasteiger partial charge in [0.05, 0.1) is 23.4 Å². The average molecular weight is 355 g/mol. The van der Waals surface area contributed by atoms with Crippen molar-refractivity contribution in [1.29, 1.82) is 5.26 Å². The molecule has 1 fully saturated rings. The third-order valence-corrected chi connectivity index (χ3v) is 3.68. The van der Waals surface area contributed by atoms with Gasteiger partial charge in [-0.15, -0.1) is 0 Å². The number of carbonyl (C=O) groups excluding carboxylic acids is 1. The molecule has 0 bridgehead atoms. The summed E-state index contributed by atoms with van der Waals surface area (Å²) in [5.41, 5.74) is -0.909.